The summed E-state index contributed by atoms with van der Waals surface area (Å²) in [6, 6.07) is 9.57. The molecular weight excluding hydrogens is 330 g/mol. The van der Waals surface area contributed by atoms with Crippen molar-refractivity contribution in [2.75, 3.05) is 17.7 Å². The van der Waals surface area contributed by atoms with E-state index in [1.807, 2.05) is 35.2 Å². The average Bonchev–Trinajstić information content (AvgIpc) is 3.21. The van der Waals surface area contributed by atoms with Crippen LogP contribution in [0.1, 0.15) is 5.69 Å². The summed E-state index contributed by atoms with van der Waals surface area (Å²) >= 11 is 0. The quantitative estimate of drug-likeness (QED) is 0.672. The van der Waals surface area contributed by atoms with E-state index >= 15 is 0 Å². The van der Waals surface area contributed by atoms with Crippen molar-refractivity contribution in [3.63, 3.8) is 0 Å². The molecule has 0 aliphatic carbocycles. The van der Waals surface area contributed by atoms with Gasteiger partial charge in [0.1, 0.15) is 4.90 Å². The molecule has 4 rings (SSSR count). The summed E-state index contributed by atoms with van der Waals surface area (Å²) in [6.07, 6.45) is 2.60. The van der Waals surface area contributed by atoms with Gasteiger partial charge in [0.05, 0.1) is 30.7 Å². The fraction of sp³-hybridized carbons (Fsp3) is 0.286. The lowest BCUT2D eigenvalue weighted by molar-refractivity contribution is 0.505. The number of rotatable bonds is 3. The van der Waals surface area contributed by atoms with Crippen LogP contribution in [-0.4, -0.2) is 51.2 Å². The van der Waals surface area contributed by atoms with E-state index in [2.05, 4.69) is 20.6 Å². The molecule has 24 heavy (non-hydrogen) atoms. The van der Waals surface area contributed by atoms with Gasteiger partial charge in [-0.1, -0.05) is 23.3 Å². The highest BCUT2D eigenvalue weighted by atomic mass is 32.2. The van der Waals surface area contributed by atoms with Gasteiger partial charge in [-0.25, -0.2) is 8.42 Å². The highest BCUT2D eigenvalue weighted by molar-refractivity contribution is 7.90. The first-order valence-corrected chi connectivity index (χ1v) is 9.26. The molecule has 1 aliphatic rings. The standard InChI is InChI=1S/C14H15N7O2S/c1-24(22,23)13-9-15-20-8-7-19(10-12(13)20)14-16-17-18-21(14)11-5-3-2-4-6-11/h2-6,9H,7-8,10H2,1H3. The molecule has 0 radical (unpaired) electrons. The molecule has 0 fully saturated rings. The molecule has 124 valence electrons. The molecule has 0 spiro atoms. The van der Waals surface area contributed by atoms with Crippen LogP contribution >= 0.6 is 0 Å². The first kappa shape index (κ1) is 14.8. The van der Waals surface area contributed by atoms with Crippen LogP contribution in [0, 0.1) is 0 Å². The van der Waals surface area contributed by atoms with Crippen LogP contribution in [0.3, 0.4) is 0 Å². The Kier molecular flexibility index (Phi) is 3.34. The van der Waals surface area contributed by atoms with E-state index in [4.69, 9.17) is 0 Å². The zero-order valence-corrected chi connectivity index (χ0v) is 13.8. The second kappa shape index (κ2) is 5.41. The molecule has 0 amide bonds. The van der Waals surface area contributed by atoms with Gasteiger partial charge in [-0.2, -0.15) is 9.78 Å². The number of hydrogen-bond acceptors (Lipinski definition) is 7. The second-order valence-corrected chi connectivity index (χ2v) is 7.58. The van der Waals surface area contributed by atoms with Crippen LogP contribution in [0.4, 0.5) is 5.95 Å². The number of hydrogen-bond donors (Lipinski definition) is 0. The lowest BCUT2D eigenvalue weighted by atomic mass is 10.3. The van der Waals surface area contributed by atoms with E-state index in [0.29, 0.717) is 31.3 Å². The Hall–Kier alpha value is -2.75. The first-order valence-electron chi connectivity index (χ1n) is 7.37. The van der Waals surface area contributed by atoms with Crippen molar-refractivity contribution in [2.24, 2.45) is 0 Å². The summed E-state index contributed by atoms with van der Waals surface area (Å²) in [7, 11) is -3.32. The molecule has 1 aliphatic heterocycles. The Balaban J connectivity index is 1.72. The van der Waals surface area contributed by atoms with Gasteiger partial charge in [0.25, 0.3) is 5.95 Å². The predicted octanol–water partition coefficient (Wildman–Crippen LogP) is 0.282. The number of aromatic nitrogens is 6. The number of tetrazole rings is 1. The SMILES string of the molecule is CS(=O)(=O)c1cnn2c1CN(c1nnnn1-c1ccccc1)CC2. The van der Waals surface area contributed by atoms with Gasteiger partial charge in [-0.05, 0) is 22.6 Å². The zero-order valence-electron chi connectivity index (χ0n) is 12.9. The summed E-state index contributed by atoms with van der Waals surface area (Å²) in [5, 5.41) is 16.1. The van der Waals surface area contributed by atoms with Gasteiger partial charge < -0.3 is 4.90 Å². The number of benzene rings is 1. The van der Waals surface area contributed by atoms with Crippen molar-refractivity contribution in [3.8, 4) is 5.69 Å². The fourth-order valence-corrected chi connectivity index (χ4v) is 3.65. The minimum atomic E-state index is -3.32. The van der Waals surface area contributed by atoms with Crippen molar-refractivity contribution in [2.45, 2.75) is 18.0 Å². The molecular formula is C14H15N7O2S. The number of sulfone groups is 1. The Morgan fingerprint density at radius 2 is 1.92 bits per heavy atom. The van der Waals surface area contributed by atoms with Crippen molar-refractivity contribution in [1.29, 1.82) is 0 Å². The molecule has 0 atom stereocenters. The summed E-state index contributed by atoms with van der Waals surface area (Å²) in [6.45, 7) is 1.60. The first-order chi connectivity index (χ1) is 11.5. The van der Waals surface area contributed by atoms with E-state index in [0.717, 1.165) is 5.69 Å². The van der Waals surface area contributed by atoms with E-state index in [9.17, 15) is 8.42 Å². The highest BCUT2D eigenvalue weighted by Gasteiger charge is 2.27. The molecule has 10 heteroatoms. The summed E-state index contributed by atoms with van der Waals surface area (Å²) in [5.41, 5.74) is 1.51. The molecule has 3 heterocycles. The number of anilines is 1. The lowest BCUT2D eigenvalue weighted by Crippen LogP contribution is -2.36. The molecule has 0 saturated heterocycles. The van der Waals surface area contributed by atoms with E-state index in [1.165, 1.54) is 12.5 Å². The Morgan fingerprint density at radius 3 is 2.67 bits per heavy atom. The maximum atomic E-state index is 11.9. The second-order valence-electron chi connectivity index (χ2n) is 5.60. The average molecular weight is 345 g/mol. The summed E-state index contributed by atoms with van der Waals surface area (Å²) in [4.78, 5) is 2.21. The Morgan fingerprint density at radius 1 is 1.12 bits per heavy atom. The van der Waals surface area contributed by atoms with Crippen LogP contribution in [0.25, 0.3) is 5.69 Å². The third-order valence-electron chi connectivity index (χ3n) is 3.97. The van der Waals surface area contributed by atoms with Gasteiger partial charge in [-0.15, -0.1) is 0 Å². The minimum Gasteiger partial charge on any atom is -0.332 e. The van der Waals surface area contributed by atoms with Crippen molar-refractivity contribution < 1.29 is 8.42 Å². The molecule has 0 saturated carbocycles. The van der Waals surface area contributed by atoms with Crippen LogP contribution in [0.15, 0.2) is 41.4 Å². The largest absolute Gasteiger partial charge is 0.332 e. The fourth-order valence-electron chi connectivity index (χ4n) is 2.82. The lowest BCUT2D eigenvalue weighted by Gasteiger charge is -2.28. The van der Waals surface area contributed by atoms with Crippen molar-refractivity contribution >= 4 is 15.8 Å². The number of fused-ring (bicyclic) bond motifs is 1. The molecule has 2 aromatic heterocycles. The third-order valence-corrected chi connectivity index (χ3v) is 5.11. The van der Waals surface area contributed by atoms with Gasteiger partial charge >= 0.3 is 0 Å². The van der Waals surface area contributed by atoms with Crippen LogP contribution in [0.2, 0.25) is 0 Å². The number of nitrogens with zero attached hydrogens (tertiary/aromatic N) is 7. The van der Waals surface area contributed by atoms with Crippen LogP contribution in [-0.2, 0) is 22.9 Å². The molecule has 9 nitrogen and oxygen atoms in total. The summed E-state index contributed by atoms with van der Waals surface area (Å²) < 4.78 is 27.2. The zero-order chi connectivity index (χ0) is 16.7. The van der Waals surface area contributed by atoms with Crippen LogP contribution < -0.4 is 4.90 Å². The Bertz CT molecular complexity index is 978. The van der Waals surface area contributed by atoms with E-state index < -0.39 is 9.84 Å². The monoisotopic (exact) mass is 345 g/mol. The maximum absolute atomic E-state index is 11.9. The third kappa shape index (κ3) is 2.44. The van der Waals surface area contributed by atoms with Gasteiger partial charge in [0.15, 0.2) is 9.84 Å². The smallest absolute Gasteiger partial charge is 0.250 e. The minimum absolute atomic E-state index is 0.255. The maximum Gasteiger partial charge on any atom is 0.250 e. The van der Waals surface area contributed by atoms with E-state index in [1.54, 1.807) is 9.36 Å². The van der Waals surface area contributed by atoms with Crippen molar-refractivity contribution in [1.82, 2.24) is 30.0 Å². The highest BCUT2D eigenvalue weighted by Crippen LogP contribution is 2.24. The van der Waals surface area contributed by atoms with Crippen LogP contribution in [0.5, 0.6) is 0 Å². The normalized spacial score (nSPS) is 14.6. The summed E-state index contributed by atoms with van der Waals surface area (Å²) in [5.74, 6) is 0.577. The molecule has 0 unspecified atom stereocenters. The number of para-hydroxylation sites is 1. The van der Waals surface area contributed by atoms with Gasteiger partial charge in [0.2, 0.25) is 0 Å². The molecule has 1 aromatic carbocycles. The van der Waals surface area contributed by atoms with Crippen molar-refractivity contribution in [3.05, 3.63) is 42.2 Å². The molecule has 0 bridgehead atoms. The molecule has 3 aromatic rings. The van der Waals surface area contributed by atoms with Gasteiger partial charge in [0, 0.05) is 12.8 Å². The Labute approximate surface area is 138 Å². The predicted molar refractivity (Wildman–Crippen MR) is 85.5 cm³/mol. The molecule has 0 N–H and O–H groups in total. The topological polar surface area (TPSA) is 98.8 Å². The van der Waals surface area contributed by atoms with E-state index in [-0.39, 0.29) is 4.90 Å². The van der Waals surface area contributed by atoms with Gasteiger partial charge in [-0.3, -0.25) is 4.68 Å².